The van der Waals surface area contributed by atoms with E-state index in [4.69, 9.17) is 5.26 Å². The first-order valence-electron chi connectivity index (χ1n) is 11.4. The summed E-state index contributed by atoms with van der Waals surface area (Å²) in [6, 6.07) is 2.14. The Morgan fingerprint density at radius 2 is 1.24 bits per heavy atom. The number of nitrogens with zero attached hydrogens (tertiary/aromatic N) is 1. The van der Waals surface area contributed by atoms with Crippen LogP contribution in [0.4, 0.5) is 0 Å². The number of unbranched alkanes of at least 4 members (excludes halogenated alkanes) is 4. The molecule has 25 heavy (non-hydrogen) atoms. The molecule has 0 aromatic heterocycles. The molecule has 0 atom stereocenters. The SMILES string of the molecule is CCCCCCCC1CCC(CCC2CCC(C=CC#N)CC2)CC1. The highest BCUT2D eigenvalue weighted by Crippen LogP contribution is 2.38. The smallest absolute Gasteiger partial charge is 0.0908 e. The highest BCUT2D eigenvalue weighted by Gasteiger charge is 2.24. The van der Waals surface area contributed by atoms with Crippen LogP contribution in [0.15, 0.2) is 12.2 Å². The van der Waals surface area contributed by atoms with Crippen molar-refractivity contribution in [3.05, 3.63) is 12.2 Å². The van der Waals surface area contributed by atoms with Gasteiger partial charge in [0.2, 0.25) is 0 Å². The number of hydrogen-bond donors (Lipinski definition) is 0. The van der Waals surface area contributed by atoms with Gasteiger partial charge in [0.05, 0.1) is 6.07 Å². The predicted molar refractivity (Wildman–Crippen MR) is 108 cm³/mol. The average Bonchev–Trinajstić information content (AvgIpc) is 2.66. The van der Waals surface area contributed by atoms with Crippen LogP contribution in [0.5, 0.6) is 0 Å². The molecule has 2 aliphatic rings. The van der Waals surface area contributed by atoms with Crippen molar-refractivity contribution in [2.24, 2.45) is 23.7 Å². The molecule has 0 saturated heterocycles. The lowest BCUT2D eigenvalue weighted by Gasteiger charge is -2.31. The molecule has 2 rings (SSSR count). The largest absolute Gasteiger partial charge is 0.193 e. The summed E-state index contributed by atoms with van der Waals surface area (Å²) in [5, 5.41) is 8.64. The maximum atomic E-state index is 8.64. The van der Waals surface area contributed by atoms with Crippen LogP contribution in [-0.4, -0.2) is 0 Å². The Morgan fingerprint density at radius 1 is 0.720 bits per heavy atom. The first kappa shape index (κ1) is 20.5. The molecule has 0 unspecified atom stereocenters. The third-order valence-corrected chi connectivity index (χ3v) is 7.00. The summed E-state index contributed by atoms with van der Waals surface area (Å²) in [5.74, 6) is 3.75. The summed E-state index contributed by atoms with van der Waals surface area (Å²) in [6.45, 7) is 2.30. The standard InChI is InChI=1S/C24H41N/c1-2-3-4-5-6-8-21-10-14-23(15-11-21)18-19-24-16-12-22(13-17-24)9-7-20-25/h7,9,21-24H,2-6,8,10-19H2,1H3. The van der Waals surface area contributed by atoms with E-state index in [9.17, 15) is 0 Å². The van der Waals surface area contributed by atoms with Crippen molar-refractivity contribution in [3.8, 4) is 6.07 Å². The van der Waals surface area contributed by atoms with E-state index in [1.165, 1.54) is 103 Å². The fourth-order valence-corrected chi connectivity index (χ4v) is 5.17. The van der Waals surface area contributed by atoms with Crippen LogP contribution in [0.2, 0.25) is 0 Å². The minimum Gasteiger partial charge on any atom is -0.193 e. The molecule has 0 N–H and O–H groups in total. The first-order valence-corrected chi connectivity index (χ1v) is 11.4. The van der Waals surface area contributed by atoms with Crippen molar-refractivity contribution >= 4 is 0 Å². The Kier molecular flexibility index (Phi) is 10.3. The van der Waals surface area contributed by atoms with E-state index >= 15 is 0 Å². The second-order valence-corrected chi connectivity index (χ2v) is 8.94. The fraction of sp³-hybridized carbons (Fsp3) is 0.875. The Bertz CT molecular complexity index is 389. The zero-order valence-electron chi connectivity index (χ0n) is 16.7. The van der Waals surface area contributed by atoms with E-state index in [-0.39, 0.29) is 0 Å². The van der Waals surface area contributed by atoms with Crippen LogP contribution in [0.3, 0.4) is 0 Å². The number of allylic oxidation sites excluding steroid dienone is 2. The molecule has 0 radical (unpaired) electrons. The highest BCUT2D eigenvalue weighted by molar-refractivity contribution is 5.04. The van der Waals surface area contributed by atoms with Gasteiger partial charge in [-0.1, -0.05) is 90.0 Å². The summed E-state index contributed by atoms with van der Waals surface area (Å²) in [6.07, 6.45) is 27.0. The lowest BCUT2D eigenvalue weighted by molar-refractivity contribution is 0.219. The van der Waals surface area contributed by atoms with Gasteiger partial charge < -0.3 is 0 Å². The topological polar surface area (TPSA) is 23.8 Å². The fourth-order valence-electron chi connectivity index (χ4n) is 5.17. The third-order valence-electron chi connectivity index (χ3n) is 7.00. The lowest BCUT2D eigenvalue weighted by Crippen LogP contribution is -2.17. The Morgan fingerprint density at radius 3 is 1.80 bits per heavy atom. The number of nitriles is 1. The summed E-state index contributed by atoms with van der Waals surface area (Å²) < 4.78 is 0. The van der Waals surface area contributed by atoms with Gasteiger partial charge in [-0.3, -0.25) is 0 Å². The zero-order valence-corrected chi connectivity index (χ0v) is 16.7. The van der Waals surface area contributed by atoms with Crippen LogP contribution in [0.1, 0.15) is 110 Å². The molecule has 1 heteroatoms. The number of hydrogen-bond acceptors (Lipinski definition) is 1. The van der Waals surface area contributed by atoms with Crippen molar-refractivity contribution in [1.29, 1.82) is 5.26 Å². The molecule has 0 aromatic rings. The van der Waals surface area contributed by atoms with Crippen molar-refractivity contribution in [3.63, 3.8) is 0 Å². The van der Waals surface area contributed by atoms with Gasteiger partial charge in [-0.25, -0.2) is 0 Å². The second kappa shape index (κ2) is 12.6. The van der Waals surface area contributed by atoms with Gasteiger partial charge >= 0.3 is 0 Å². The van der Waals surface area contributed by atoms with Gasteiger partial charge in [-0.15, -0.1) is 0 Å². The molecule has 0 aliphatic heterocycles. The Balaban J connectivity index is 1.50. The van der Waals surface area contributed by atoms with Crippen molar-refractivity contribution in [2.75, 3.05) is 0 Å². The van der Waals surface area contributed by atoms with E-state index < -0.39 is 0 Å². The van der Waals surface area contributed by atoms with Gasteiger partial charge in [0, 0.05) is 6.08 Å². The molecule has 2 saturated carbocycles. The van der Waals surface area contributed by atoms with Gasteiger partial charge in [0.1, 0.15) is 0 Å². The van der Waals surface area contributed by atoms with Crippen molar-refractivity contribution < 1.29 is 0 Å². The van der Waals surface area contributed by atoms with Crippen LogP contribution >= 0.6 is 0 Å². The quantitative estimate of drug-likeness (QED) is 0.293. The molecule has 2 fully saturated rings. The second-order valence-electron chi connectivity index (χ2n) is 8.94. The molecule has 0 aromatic carbocycles. The summed E-state index contributed by atoms with van der Waals surface area (Å²) >= 11 is 0. The third kappa shape index (κ3) is 8.44. The maximum Gasteiger partial charge on any atom is 0.0908 e. The van der Waals surface area contributed by atoms with E-state index in [0.717, 1.165) is 17.8 Å². The van der Waals surface area contributed by atoms with Gasteiger partial charge in [-0.05, 0) is 49.4 Å². The molecule has 0 spiro atoms. The average molecular weight is 344 g/mol. The van der Waals surface area contributed by atoms with Gasteiger partial charge in [-0.2, -0.15) is 5.26 Å². The van der Waals surface area contributed by atoms with Crippen LogP contribution in [0.25, 0.3) is 0 Å². The van der Waals surface area contributed by atoms with Gasteiger partial charge in [0.25, 0.3) is 0 Å². The van der Waals surface area contributed by atoms with Crippen molar-refractivity contribution in [1.82, 2.24) is 0 Å². The molecule has 1 nitrogen and oxygen atoms in total. The molecular weight excluding hydrogens is 302 g/mol. The molecular formula is C24H41N. The first-order chi connectivity index (χ1) is 12.3. The monoisotopic (exact) mass is 343 g/mol. The molecule has 0 bridgehead atoms. The van der Waals surface area contributed by atoms with Crippen LogP contribution < -0.4 is 0 Å². The van der Waals surface area contributed by atoms with Crippen LogP contribution in [0, 0.1) is 35.0 Å². The Labute approximate surface area is 157 Å². The summed E-state index contributed by atoms with van der Waals surface area (Å²) in [5.41, 5.74) is 0. The van der Waals surface area contributed by atoms with Crippen LogP contribution in [-0.2, 0) is 0 Å². The minimum atomic E-state index is 0.684. The van der Waals surface area contributed by atoms with E-state index in [2.05, 4.69) is 19.1 Å². The van der Waals surface area contributed by atoms with E-state index in [1.807, 2.05) is 0 Å². The highest BCUT2D eigenvalue weighted by atomic mass is 14.3. The summed E-state index contributed by atoms with van der Waals surface area (Å²) in [7, 11) is 0. The molecule has 142 valence electrons. The normalized spacial score (nSPS) is 30.4. The lowest BCUT2D eigenvalue weighted by atomic mass is 9.75. The summed E-state index contributed by atoms with van der Waals surface area (Å²) in [4.78, 5) is 0. The molecule has 0 heterocycles. The van der Waals surface area contributed by atoms with E-state index in [1.54, 1.807) is 6.08 Å². The maximum absolute atomic E-state index is 8.64. The zero-order chi connectivity index (χ0) is 17.7. The minimum absolute atomic E-state index is 0.684. The van der Waals surface area contributed by atoms with Gasteiger partial charge in [0.15, 0.2) is 0 Å². The predicted octanol–water partition coefficient (Wildman–Crippen LogP) is 7.82. The van der Waals surface area contributed by atoms with Crippen molar-refractivity contribution in [2.45, 2.75) is 110 Å². The number of rotatable bonds is 10. The molecule has 2 aliphatic carbocycles. The van der Waals surface area contributed by atoms with E-state index in [0.29, 0.717) is 5.92 Å². The molecule has 0 amide bonds. The Hall–Kier alpha value is -0.770.